The lowest BCUT2D eigenvalue weighted by atomic mass is 10.3. The number of hydrogen-bond donors (Lipinski definition) is 2. The van der Waals surface area contributed by atoms with E-state index in [1.807, 2.05) is 31.4 Å². The fourth-order valence-electron chi connectivity index (χ4n) is 1.65. The summed E-state index contributed by atoms with van der Waals surface area (Å²) in [5.74, 6) is 0. The fraction of sp³-hybridized carbons (Fsp3) is 0.308. The van der Waals surface area contributed by atoms with Gasteiger partial charge < -0.3 is 5.32 Å². The zero-order chi connectivity index (χ0) is 14.5. The van der Waals surface area contributed by atoms with E-state index in [0.29, 0.717) is 6.61 Å². The average Bonchev–Trinajstić information content (AvgIpc) is 2.93. The minimum Gasteiger partial charge on any atom is -0.307 e. The number of rotatable bonds is 5. The Balaban J connectivity index is 1.99. The van der Waals surface area contributed by atoms with Crippen molar-refractivity contribution in [3.63, 3.8) is 0 Å². The van der Waals surface area contributed by atoms with E-state index in [2.05, 4.69) is 15.5 Å². The van der Waals surface area contributed by atoms with E-state index >= 15 is 0 Å². The fourth-order valence-corrected chi connectivity index (χ4v) is 3.33. The Morgan fingerprint density at radius 3 is 2.75 bits per heavy atom. The molecular formula is C13H16N2O3S2. The van der Waals surface area contributed by atoms with Crippen LogP contribution in [0.15, 0.2) is 17.5 Å². The van der Waals surface area contributed by atoms with E-state index in [9.17, 15) is 4.79 Å². The van der Waals surface area contributed by atoms with Crippen LogP contribution in [0.4, 0.5) is 15.5 Å². The van der Waals surface area contributed by atoms with Gasteiger partial charge in [0.25, 0.3) is 0 Å². The van der Waals surface area contributed by atoms with Crippen LogP contribution in [0.2, 0.25) is 0 Å². The van der Waals surface area contributed by atoms with Crippen molar-refractivity contribution in [3.8, 4) is 0 Å². The quantitative estimate of drug-likeness (QED) is 0.644. The van der Waals surface area contributed by atoms with Gasteiger partial charge in [0.15, 0.2) is 0 Å². The number of carbonyl (C=O) groups is 1. The van der Waals surface area contributed by atoms with Crippen molar-refractivity contribution >= 4 is 39.4 Å². The van der Waals surface area contributed by atoms with E-state index in [4.69, 9.17) is 4.89 Å². The second kappa shape index (κ2) is 6.85. The van der Waals surface area contributed by atoms with Crippen LogP contribution in [0.3, 0.4) is 0 Å². The number of aryl methyl sites for hydroxylation is 2. The molecule has 20 heavy (non-hydrogen) atoms. The summed E-state index contributed by atoms with van der Waals surface area (Å²) in [6, 6.07) is 3.58. The highest BCUT2D eigenvalue weighted by atomic mass is 32.1. The first kappa shape index (κ1) is 15.0. The molecule has 0 aromatic carbocycles. The van der Waals surface area contributed by atoms with E-state index in [-0.39, 0.29) is 6.03 Å². The second-order valence-corrected chi connectivity index (χ2v) is 6.44. The summed E-state index contributed by atoms with van der Waals surface area (Å²) in [6.07, 6.45) is 0. The molecule has 2 heterocycles. The van der Waals surface area contributed by atoms with Gasteiger partial charge in [-0.2, -0.15) is 0 Å². The molecule has 7 heteroatoms. The maximum Gasteiger partial charge on any atom is 0.324 e. The Hall–Kier alpha value is -1.41. The monoisotopic (exact) mass is 312 g/mol. The molecule has 0 unspecified atom stereocenters. The van der Waals surface area contributed by atoms with Crippen LogP contribution in [-0.4, -0.2) is 13.1 Å². The minimum absolute atomic E-state index is 0.261. The van der Waals surface area contributed by atoms with Crippen LogP contribution in [0.5, 0.6) is 0 Å². The lowest BCUT2D eigenvalue weighted by molar-refractivity contribution is -0.281. The third kappa shape index (κ3) is 4.04. The topological polar surface area (TPSA) is 59.6 Å². The lowest BCUT2D eigenvalue weighted by Crippen LogP contribution is -2.19. The smallest absolute Gasteiger partial charge is 0.307 e. The number of anilines is 2. The molecule has 0 saturated carbocycles. The molecule has 2 aromatic rings. The highest BCUT2D eigenvalue weighted by Crippen LogP contribution is 2.28. The first-order chi connectivity index (χ1) is 9.58. The van der Waals surface area contributed by atoms with Gasteiger partial charge in [0.2, 0.25) is 0 Å². The van der Waals surface area contributed by atoms with E-state index < -0.39 is 0 Å². The van der Waals surface area contributed by atoms with Gasteiger partial charge >= 0.3 is 6.03 Å². The molecule has 2 N–H and O–H groups in total. The molecule has 2 amide bonds. The Labute approximate surface area is 125 Å². The summed E-state index contributed by atoms with van der Waals surface area (Å²) >= 11 is 3.06. The lowest BCUT2D eigenvalue weighted by Gasteiger charge is -2.06. The molecule has 108 valence electrons. The number of nitrogens with one attached hydrogen (secondary N) is 2. The maximum atomic E-state index is 11.9. The summed E-state index contributed by atoms with van der Waals surface area (Å²) in [6.45, 7) is 4.28. The SMILES string of the molecule is COOCc1sc(C)cc1NC(=O)Nc1cc(C)cs1. The molecule has 2 aromatic heterocycles. The van der Waals surface area contributed by atoms with E-state index in [1.54, 1.807) is 11.3 Å². The van der Waals surface area contributed by atoms with Gasteiger partial charge in [-0.05, 0) is 36.9 Å². The molecule has 0 aliphatic rings. The molecule has 0 fully saturated rings. The molecule has 0 atom stereocenters. The molecule has 0 aliphatic heterocycles. The van der Waals surface area contributed by atoms with Gasteiger partial charge in [-0.25, -0.2) is 14.6 Å². The predicted octanol–water partition coefficient (Wildman–Crippen LogP) is 4.15. The first-order valence-electron chi connectivity index (χ1n) is 5.96. The molecule has 0 spiro atoms. The number of carbonyl (C=O) groups excluding carboxylic acids is 1. The Kier molecular flexibility index (Phi) is 5.13. The van der Waals surface area contributed by atoms with Crippen molar-refractivity contribution in [2.45, 2.75) is 20.5 Å². The van der Waals surface area contributed by atoms with Crippen LogP contribution < -0.4 is 10.6 Å². The van der Waals surface area contributed by atoms with Crippen molar-refractivity contribution in [1.82, 2.24) is 0 Å². The van der Waals surface area contributed by atoms with Gasteiger partial charge in [-0.1, -0.05) is 0 Å². The minimum atomic E-state index is -0.261. The van der Waals surface area contributed by atoms with Crippen molar-refractivity contribution < 1.29 is 14.6 Å². The third-order valence-electron chi connectivity index (χ3n) is 2.46. The van der Waals surface area contributed by atoms with Gasteiger partial charge in [-0.3, -0.25) is 5.32 Å². The molecular weight excluding hydrogens is 296 g/mol. The van der Waals surface area contributed by atoms with Crippen molar-refractivity contribution in [3.05, 3.63) is 32.8 Å². The van der Waals surface area contributed by atoms with Crippen LogP contribution >= 0.6 is 22.7 Å². The summed E-state index contributed by atoms with van der Waals surface area (Å²) in [4.78, 5) is 23.5. The highest BCUT2D eigenvalue weighted by molar-refractivity contribution is 7.14. The Morgan fingerprint density at radius 2 is 2.10 bits per heavy atom. The average molecular weight is 312 g/mol. The Morgan fingerprint density at radius 1 is 1.30 bits per heavy atom. The van der Waals surface area contributed by atoms with Crippen molar-refractivity contribution in [2.24, 2.45) is 0 Å². The van der Waals surface area contributed by atoms with Crippen LogP contribution in [0, 0.1) is 13.8 Å². The first-order valence-corrected chi connectivity index (χ1v) is 7.66. The summed E-state index contributed by atoms with van der Waals surface area (Å²) in [5.41, 5.74) is 1.88. The van der Waals surface area contributed by atoms with E-state index in [0.717, 1.165) is 26.0 Å². The number of thiophene rings is 2. The maximum absolute atomic E-state index is 11.9. The van der Waals surface area contributed by atoms with Gasteiger partial charge in [0, 0.05) is 4.88 Å². The van der Waals surface area contributed by atoms with Crippen molar-refractivity contribution in [2.75, 3.05) is 17.7 Å². The molecule has 2 rings (SSSR count). The van der Waals surface area contributed by atoms with Gasteiger partial charge in [-0.15, -0.1) is 22.7 Å². The van der Waals surface area contributed by atoms with Gasteiger partial charge in [0.1, 0.15) is 6.61 Å². The van der Waals surface area contributed by atoms with E-state index in [1.165, 1.54) is 18.4 Å². The Bertz CT molecular complexity index is 592. The predicted molar refractivity (Wildman–Crippen MR) is 82.6 cm³/mol. The second-order valence-electron chi connectivity index (χ2n) is 4.19. The molecule has 0 aliphatic carbocycles. The highest BCUT2D eigenvalue weighted by Gasteiger charge is 2.11. The van der Waals surface area contributed by atoms with Crippen molar-refractivity contribution in [1.29, 1.82) is 0 Å². The third-order valence-corrected chi connectivity index (χ3v) is 4.44. The number of amides is 2. The number of hydrogen-bond acceptors (Lipinski definition) is 5. The summed E-state index contributed by atoms with van der Waals surface area (Å²) in [7, 11) is 1.46. The molecule has 0 radical (unpaired) electrons. The largest absolute Gasteiger partial charge is 0.324 e. The van der Waals surface area contributed by atoms with Crippen LogP contribution in [0.1, 0.15) is 15.3 Å². The summed E-state index contributed by atoms with van der Waals surface area (Å²) in [5, 5.41) is 8.44. The number of urea groups is 1. The molecule has 0 bridgehead atoms. The standard InChI is InChI=1S/C13H16N2O3S2/c1-8-4-12(19-7-8)15-13(16)14-10-5-9(2)20-11(10)6-18-17-3/h4-5,7H,6H2,1-3H3,(H2,14,15,16). The van der Waals surface area contributed by atoms with Crippen LogP contribution in [0.25, 0.3) is 0 Å². The van der Waals surface area contributed by atoms with Crippen LogP contribution in [-0.2, 0) is 16.4 Å². The normalized spacial score (nSPS) is 10.6. The molecule has 5 nitrogen and oxygen atoms in total. The zero-order valence-electron chi connectivity index (χ0n) is 11.5. The van der Waals surface area contributed by atoms with Gasteiger partial charge in [0.05, 0.1) is 22.7 Å². The zero-order valence-corrected chi connectivity index (χ0v) is 13.1. The summed E-state index contributed by atoms with van der Waals surface area (Å²) < 4.78 is 0. The molecule has 0 saturated heterocycles.